The number of likely N-dealkylation sites (tertiary alicyclic amines) is 1. The Morgan fingerprint density at radius 2 is 2.00 bits per heavy atom. The quantitative estimate of drug-likeness (QED) is 0.773. The lowest BCUT2D eigenvalue weighted by Gasteiger charge is -2.46. The van der Waals surface area contributed by atoms with Crippen molar-refractivity contribution < 1.29 is 9.53 Å². The zero-order chi connectivity index (χ0) is 20.0. The molecule has 0 bridgehead atoms. The molecule has 1 unspecified atom stereocenters. The Balaban J connectivity index is 1.55. The third-order valence-electron chi connectivity index (χ3n) is 6.71. The van der Waals surface area contributed by atoms with Gasteiger partial charge in [0.25, 0.3) is 0 Å². The van der Waals surface area contributed by atoms with Crippen LogP contribution in [-0.2, 0) is 16.7 Å². The molecule has 156 valence electrons. The molecule has 1 N–H and O–H groups in total. The fourth-order valence-electron chi connectivity index (χ4n) is 5.03. The number of carbonyl (C=O) groups is 1. The standard InChI is InChI=1S/C23H37N3O2/c1-4-20(26(5-2)22(27)28-6-3)11-14-25-15-12-23(13-16-25)18-24-17-19-9-7-8-10-21(19)23/h7-10,20,24H,4-6,11-18H2,1-3H3. The molecule has 0 saturated carbocycles. The second-order valence-electron chi connectivity index (χ2n) is 8.22. The molecule has 5 nitrogen and oxygen atoms in total. The number of carbonyl (C=O) groups excluding carboxylic acids is 1. The molecule has 1 saturated heterocycles. The van der Waals surface area contributed by atoms with Crippen molar-refractivity contribution >= 4 is 6.09 Å². The molecule has 0 aliphatic carbocycles. The first-order chi connectivity index (χ1) is 13.6. The lowest BCUT2D eigenvalue weighted by molar-refractivity contribution is 0.0823. The molecular weight excluding hydrogens is 350 g/mol. The lowest BCUT2D eigenvalue weighted by Crippen LogP contribution is -2.51. The zero-order valence-corrected chi connectivity index (χ0v) is 17.9. The number of nitrogens with one attached hydrogen (secondary N) is 1. The van der Waals surface area contributed by atoms with Crippen LogP contribution in [0.4, 0.5) is 4.79 Å². The van der Waals surface area contributed by atoms with Crippen LogP contribution in [0.1, 0.15) is 57.6 Å². The molecule has 28 heavy (non-hydrogen) atoms. The molecule has 1 spiro atoms. The summed E-state index contributed by atoms with van der Waals surface area (Å²) in [6.45, 7) is 12.7. The molecule has 1 amide bonds. The van der Waals surface area contributed by atoms with Gasteiger partial charge in [0.15, 0.2) is 0 Å². The van der Waals surface area contributed by atoms with E-state index in [-0.39, 0.29) is 12.1 Å². The minimum Gasteiger partial charge on any atom is -0.450 e. The number of amides is 1. The number of ether oxygens (including phenoxy) is 1. The Morgan fingerprint density at radius 3 is 2.68 bits per heavy atom. The van der Waals surface area contributed by atoms with E-state index in [1.165, 1.54) is 18.4 Å². The summed E-state index contributed by atoms with van der Waals surface area (Å²) in [6.07, 6.45) is 4.25. The van der Waals surface area contributed by atoms with Gasteiger partial charge in [0.2, 0.25) is 0 Å². The SMILES string of the molecule is CCOC(=O)N(CC)C(CC)CCN1CCC2(CC1)CNCc1ccccc12. The van der Waals surface area contributed by atoms with E-state index in [4.69, 9.17) is 4.74 Å². The summed E-state index contributed by atoms with van der Waals surface area (Å²) in [5.74, 6) is 0. The highest BCUT2D eigenvalue weighted by atomic mass is 16.6. The fraction of sp³-hybridized carbons (Fsp3) is 0.696. The van der Waals surface area contributed by atoms with Gasteiger partial charge in [-0.3, -0.25) is 0 Å². The van der Waals surface area contributed by atoms with E-state index in [1.54, 1.807) is 5.56 Å². The van der Waals surface area contributed by atoms with E-state index < -0.39 is 0 Å². The summed E-state index contributed by atoms with van der Waals surface area (Å²) in [7, 11) is 0. The molecule has 3 rings (SSSR count). The molecule has 1 atom stereocenters. The number of nitrogens with zero attached hydrogens (tertiary/aromatic N) is 2. The Bertz CT molecular complexity index is 640. The third-order valence-corrected chi connectivity index (χ3v) is 6.71. The summed E-state index contributed by atoms with van der Waals surface area (Å²) in [5.41, 5.74) is 3.34. The van der Waals surface area contributed by atoms with Gasteiger partial charge < -0.3 is 19.9 Å². The number of rotatable bonds is 7. The van der Waals surface area contributed by atoms with Gasteiger partial charge in [-0.05, 0) is 63.7 Å². The number of hydrogen-bond donors (Lipinski definition) is 1. The zero-order valence-electron chi connectivity index (χ0n) is 17.9. The highest BCUT2D eigenvalue weighted by molar-refractivity contribution is 5.67. The molecule has 1 aromatic rings. The molecule has 1 aromatic carbocycles. The van der Waals surface area contributed by atoms with Crippen LogP contribution in [0.5, 0.6) is 0 Å². The first-order valence-electron chi connectivity index (χ1n) is 11.1. The van der Waals surface area contributed by atoms with Crippen molar-refractivity contribution in [3.8, 4) is 0 Å². The number of benzene rings is 1. The number of hydrogen-bond acceptors (Lipinski definition) is 4. The van der Waals surface area contributed by atoms with Gasteiger partial charge in [-0.15, -0.1) is 0 Å². The van der Waals surface area contributed by atoms with Gasteiger partial charge in [-0.25, -0.2) is 4.79 Å². The summed E-state index contributed by atoms with van der Waals surface area (Å²) in [5, 5.41) is 3.65. The third kappa shape index (κ3) is 4.52. The van der Waals surface area contributed by atoms with Crippen LogP contribution in [0.25, 0.3) is 0 Å². The van der Waals surface area contributed by atoms with Crippen molar-refractivity contribution in [2.75, 3.05) is 39.3 Å². The van der Waals surface area contributed by atoms with Gasteiger partial charge in [-0.1, -0.05) is 31.2 Å². The molecule has 2 aliphatic heterocycles. The van der Waals surface area contributed by atoms with Gasteiger partial charge in [0.1, 0.15) is 0 Å². The lowest BCUT2D eigenvalue weighted by atomic mass is 9.69. The molecule has 0 aromatic heterocycles. The van der Waals surface area contributed by atoms with E-state index in [1.807, 2.05) is 18.7 Å². The van der Waals surface area contributed by atoms with Crippen LogP contribution >= 0.6 is 0 Å². The monoisotopic (exact) mass is 387 g/mol. The molecular formula is C23H37N3O2. The predicted molar refractivity (Wildman–Crippen MR) is 114 cm³/mol. The van der Waals surface area contributed by atoms with Crippen LogP contribution in [0, 0.1) is 0 Å². The highest BCUT2D eigenvalue weighted by Crippen LogP contribution is 2.39. The van der Waals surface area contributed by atoms with E-state index in [0.29, 0.717) is 18.6 Å². The van der Waals surface area contributed by atoms with Gasteiger partial charge in [0.05, 0.1) is 6.61 Å². The van der Waals surface area contributed by atoms with Crippen molar-refractivity contribution in [3.05, 3.63) is 35.4 Å². The first-order valence-corrected chi connectivity index (χ1v) is 11.1. The van der Waals surface area contributed by atoms with Crippen LogP contribution in [-0.4, -0.2) is 61.3 Å². The Hall–Kier alpha value is -1.59. The van der Waals surface area contributed by atoms with Gasteiger partial charge >= 0.3 is 6.09 Å². The summed E-state index contributed by atoms with van der Waals surface area (Å²) in [6, 6.07) is 9.23. The molecule has 2 aliphatic rings. The molecule has 1 fully saturated rings. The van der Waals surface area contributed by atoms with E-state index in [9.17, 15) is 4.79 Å². The average molecular weight is 388 g/mol. The van der Waals surface area contributed by atoms with E-state index >= 15 is 0 Å². The summed E-state index contributed by atoms with van der Waals surface area (Å²) < 4.78 is 5.24. The Morgan fingerprint density at radius 1 is 1.25 bits per heavy atom. The number of piperidine rings is 1. The second-order valence-corrected chi connectivity index (χ2v) is 8.22. The van der Waals surface area contributed by atoms with Crippen molar-refractivity contribution in [2.45, 2.75) is 64.5 Å². The maximum atomic E-state index is 12.2. The first kappa shape index (κ1) is 21.1. The van der Waals surface area contributed by atoms with Crippen LogP contribution < -0.4 is 5.32 Å². The van der Waals surface area contributed by atoms with Gasteiger partial charge in [-0.2, -0.15) is 0 Å². The number of fused-ring (bicyclic) bond motifs is 2. The fourth-order valence-corrected chi connectivity index (χ4v) is 5.03. The van der Waals surface area contributed by atoms with Crippen LogP contribution in [0.2, 0.25) is 0 Å². The highest BCUT2D eigenvalue weighted by Gasteiger charge is 2.39. The van der Waals surface area contributed by atoms with E-state index in [2.05, 4.69) is 41.4 Å². The normalized spacial score (nSPS) is 19.8. The van der Waals surface area contributed by atoms with Crippen molar-refractivity contribution in [1.82, 2.24) is 15.1 Å². The predicted octanol–water partition coefficient (Wildman–Crippen LogP) is 3.77. The molecule has 5 heteroatoms. The topological polar surface area (TPSA) is 44.8 Å². The van der Waals surface area contributed by atoms with Crippen molar-refractivity contribution in [1.29, 1.82) is 0 Å². The smallest absolute Gasteiger partial charge is 0.409 e. The summed E-state index contributed by atoms with van der Waals surface area (Å²) >= 11 is 0. The maximum Gasteiger partial charge on any atom is 0.409 e. The minimum absolute atomic E-state index is 0.167. The summed E-state index contributed by atoms with van der Waals surface area (Å²) in [4.78, 5) is 16.7. The van der Waals surface area contributed by atoms with Crippen molar-refractivity contribution in [3.63, 3.8) is 0 Å². The largest absolute Gasteiger partial charge is 0.450 e. The minimum atomic E-state index is -0.167. The molecule has 2 heterocycles. The Labute approximate surface area is 170 Å². The van der Waals surface area contributed by atoms with E-state index in [0.717, 1.165) is 45.6 Å². The van der Waals surface area contributed by atoms with Gasteiger partial charge in [0, 0.05) is 37.6 Å². The second kappa shape index (κ2) is 9.75. The average Bonchev–Trinajstić information content (AvgIpc) is 2.73. The molecule has 0 radical (unpaired) electrons. The Kier molecular flexibility index (Phi) is 7.36. The van der Waals surface area contributed by atoms with Crippen LogP contribution in [0.3, 0.4) is 0 Å². The maximum absolute atomic E-state index is 12.2. The van der Waals surface area contributed by atoms with Crippen LogP contribution in [0.15, 0.2) is 24.3 Å². The van der Waals surface area contributed by atoms with Crippen molar-refractivity contribution in [2.24, 2.45) is 0 Å².